The molecule has 1 amide bonds. The van der Waals surface area contributed by atoms with Crippen molar-refractivity contribution in [1.82, 2.24) is 20.3 Å². The molecule has 0 spiro atoms. The minimum absolute atomic E-state index is 0.0413. The molecular weight excluding hydrogens is 472 g/mol. The van der Waals surface area contributed by atoms with Gasteiger partial charge in [-0.15, -0.1) is 11.3 Å². The molecule has 1 unspecified atom stereocenters. The number of piperidine rings is 1. The summed E-state index contributed by atoms with van der Waals surface area (Å²) in [6, 6.07) is 9.52. The molecule has 2 atom stereocenters. The zero-order valence-corrected chi connectivity index (χ0v) is 20.1. The molecular formula is C24H25ClN6O2S. The van der Waals surface area contributed by atoms with Crippen molar-refractivity contribution < 1.29 is 9.53 Å². The molecule has 176 valence electrons. The van der Waals surface area contributed by atoms with Gasteiger partial charge in [-0.05, 0) is 48.1 Å². The second-order valence-electron chi connectivity index (χ2n) is 8.27. The molecule has 5 rings (SSSR count). The topological polar surface area (TPSA) is 96.6 Å². The summed E-state index contributed by atoms with van der Waals surface area (Å²) in [6.45, 7) is 5.39. The largest absolute Gasteiger partial charge is 0.487 e. The van der Waals surface area contributed by atoms with Crippen LogP contribution in [-0.4, -0.2) is 39.9 Å². The molecule has 1 fully saturated rings. The van der Waals surface area contributed by atoms with Gasteiger partial charge in [0.25, 0.3) is 0 Å². The number of hydrogen-bond donors (Lipinski definition) is 2. The van der Waals surface area contributed by atoms with Crippen molar-refractivity contribution in [2.75, 3.05) is 23.8 Å². The summed E-state index contributed by atoms with van der Waals surface area (Å²) in [6.07, 6.45) is 4.64. The summed E-state index contributed by atoms with van der Waals surface area (Å²) in [5.74, 6) is 1.70. The van der Waals surface area contributed by atoms with Gasteiger partial charge in [0.15, 0.2) is 5.82 Å². The molecule has 10 heteroatoms. The first kappa shape index (κ1) is 22.6. The number of halogens is 1. The number of benzene rings is 1. The number of carbonyl (C=O) groups excluding carboxylic acids is 1. The number of ether oxygens (including phenoxy) is 1. The summed E-state index contributed by atoms with van der Waals surface area (Å²) >= 11 is 8.23. The third-order valence-corrected chi connectivity index (χ3v) is 7.31. The number of nitrogens with one attached hydrogen (secondary N) is 1. The molecule has 2 aliphatic heterocycles. The molecule has 0 saturated carbocycles. The van der Waals surface area contributed by atoms with Crippen LogP contribution < -0.4 is 20.9 Å². The smallest absolute Gasteiger partial charge is 0.246 e. The Balaban J connectivity index is 1.40. The first-order valence-electron chi connectivity index (χ1n) is 11.1. The van der Waals surface area contributed by atoms with Crippen LogP contribution in [-0.2, 0) is 11.4 Å². The van der Waals surface area contributed by atoms with E-state index >= 15 is 0 Å². The molecule has 0 radical (unpaired) electrons. The van der Waals surface area contributed by atoms with E-state index in [9.17, 15) is 4.79 Å². The van der Waals surface area contributed by atoms with E-state index in [1.165, 1.54) is 12.4 Å². The zero-order valence-electron chi connectivity index (χ0n) is 18.5. The number of hydrogen-bond acceptors (Lipinski definition) is 8. The van der Waals surface area contributed by atoms with Crippen LogP contribution in [0.1, 0.15) is 34.9 Å². The Labute approximate surface area is 207 Å². The molecule has 0 aliphatic carbocycles. The van der Waals surface area contributed by atoms with E-state index in [0.717, 1.165) is 41.2 Å². The van der Waals surface area contributed by atoms with Crippen molar-refractivity contribution in [3.8, 4) is 5.75 Å². The molecule has 3 aromatic rings. The quantitative estimate of drug-likeness (QED) is 0.499. The molecule has 3 N–H and O–H groups in total. The van der Waals surface area contributed by atoms with Crippen LogP contribution in [0, 0.1) is 0 Å². The maximum Gasteiger partial charge on any atom is 0.246 e. The molecule has 8 nitrogen and oxygen atoms in total. The zero-order chi connectivity index (χ0) is 23.7. The van der Waals surface area contributed by atoms with Gasteiger partial charge in [-0.1, -0.05) is 30.3 Å². The van der Waals surface area contributed by atoms with Gasteiger partial charge in [0.05, 0.1) is 22.7 Å². The molecule has 2 aliphatic rings. The fraction of sp³-hybridized carbons (Fsp3) is 0.292. The van der Waals surface area contributed by atoms with Gasteiger partial charge >= 0.3 is 0 Å². The lowest BCUT2D eigenvalue weighted by molar-refractivity contribution is -0.127. The Morgan fingerprint density at radius 3 is 3.03 bits per heavy atom. The van der Waals surface area contributed by atoms with Crippen LogP contribution in [0.2, 0.25) is 5.02 Å². The van der Waals surface area contributed by atoms with Crippen molar-refractivity contribution in [2.45, 2.75) is 31.5 Å². The first-order chi connectivity index (χ1) is 16.5. The van der Waals surface area contributed by atoms with E-state index in [2.05, 4.69) is 22.0 Å². The number of rotatable bonds is 6. The highest BCUT2D eigenvalue weighted by Crippen LogP contribution is 2.41. The Kier molecular flexibility index (Phi) is 6.40. The molecule has 0 bridgehead atoms. The number of hydrazine groups is 1. The third kappa shape index (κ3) is 4.34. The second kappa shape index (κ2) is 9.61. The molecule has 1 aromatic carbocycles. The number of amides is 1. The van der Waals surface area contributed by atoms with Gasteiger partial charge in [-0.25, -0.2) is 15.4 Å². The number of aromatic nitrogens is 2. The number of likely N-dealkylation sites (tertiary alicyclic amines) is 1. The van der Waals surface area contributed by atoms with Gasteiger partial charge in [0.2, 0.25) is 5.91 Å². The van der Waals surface area contributed by atoms with Gasteiger partial charge in [-0.2, -0.15) is 0 Å². The molecule has 4 heterocycles. The minimum atomic E-state index is -0.273. The number of anilines is 2. The van der Waals surface area contributed by atoms with E-state index in [4.69, 9.17) is 22.1 Å². The number of nitrogens with zero attached hydrogens (tertiary/aromatic N) is 4. The van der Waals surface area contributed by atoms with Crippen molar-refractivity contribution in [3.05, 3.63) is 75.7 Å². The van der Waals surface area contributed by atoms with Crippen LogP contribution in [0.4, 0.5) is 11.6 Å². The lowest BCUT2D eigenvalue weighted by atomic mass is 10.0. The second-order valence-corrected chi connectivity index (χ2v) is 9.71. The third-order valence-electron chi connectivity index (χ3n) is 6.17. The summed E-state index contributed by atoms with van der Waals surface area (Å²) < 4.78 is 5.91. The predicted octanol–water partition coefficient (Wildman–Crippen LogP) is 3.94. The average molecular weight is 497 g/mol. The number of fused-ring (bicyclic) bond motifs is 1. The lowest BCUT2D eigenvalue weighted by Gasteiger charge is -2.38. The first-order valence-corrected chi connectivity index (χ1v) is 12.3. The Hall–Kier alpha value is -3.14. The number of thiophene rings is 1. The normalized spacial score (nSPS) is 19.7. The van der Waals surface area contributed by atoms with Crippen molar-refractivity contribution in [3.63, 3.8) is 0 Å². The summed E-state index contributed by atoms with van der Waals surface area (Å²) in [4.78, 5) is 23.9. The maximum atomic E-state index is 12.2. The monoisotopic (exact) mass is 496 g/mol. The Morgan fingerprint density at radius 1 is 1.38 bits per heavy atom. The number of carbonyl (C=O) groups is 1. The van der Waals surface area contributed by atoms with E-state index in [1.54, 1.807) is 11.3 Å². The summed E-state index contributed by atoms with van der Waals surface area (Å²) in [5.41, 5.74) is 11.6. The van der Waals surface area contributed by atoms with Crippen molar-refractivity contribution in [2.24, 2.45) is 0 Å². The Morgan fingerprint density at radius 2 is 2.26 bits per heavy atom. The maximum absolute atomic E-state index is 12.2. The summed E-state index contributed by atoms with van der Waals surface area (Å²) in [5, 5.41) is 4.56. The number of nitrogens with two attached hydrogens (primary N) is 1. The fourth-order valence-electron chi connectivity index (χ4n) is 4.50. The number of nitrogen functional groups attached to an aromatic ring is 1. The van der Waals surface area contributed by atoms with E-state index < -0.39 is 0 Å². The van der Waals surface area contributed by atoms with Crippen molar-refractivity contribution in [1.29, 1.82) is 0 Å². The standard InChI is InChI=1S/C24H25ClN6O2S/c1-2-20(32)30-9-3-5-16(12-30)31-24-21(23(26)27-14-28-24)22(29-31)15-7-8-19(18(25)11-15)33-13-17-6-4-10-34-17/h2,4,6-8,10-11,14,16,22,29H,1,3,5,9,12-13H2,(H2,26,27,28)/t16-,22?/m1/s1. The van der Waals surface area contributed by atoms with E-state index in [0.29, 0.717) is 29.7 Å². The molecule has 34 heavy (non-hydrogen) atoms. The fourth-order valence-corrected chi connectivity index (χ4v) is 5.36. The van der Waals surface area contributed by atoms with Gasteiger partial charge in [0.1, 0.15) is 24.5 Å². The van der Waals surface area contributed by atoms with Crippen LogP contribution in [0.25, 0.3) is 0 Å². The van der Waals surface area contributed by atoms with Gasteiger partial charge in [-0.3, -0.25) is 9.80 Å². The van der Waals surface area contributed by atoms with Crippen LogP contribution in [0.15, 0.2) is 54.7 Å². The highest BCUT2D eigenvalue weighted by Gasteiger charge is 2.39. The van der Waals surface area contributed by atoms with Crippen LogP contribution in [0.5, 0.6) is 5.75 Å². The molecule has 2 aromatic heterocycles. The van der Waals surface area contributed by atoms with Crippen LogP contribution >= 0.6 is 22.9 Å². The van der Waals surface area contributed by atoms with Gasteiger partial charge < -0.3 is 15.4 Å². The van der Waals surface area contributed by atoms with Crippen molar-refractivity contribution >= 4 is 40.5 Å². The Bertz CT molecular complexity index is 1200. The SMILES string of the molecule is C=CC(=O)N1CCC[C@@H](N2NC(c3ccc(OCc4cccs4)c(Cl)c3)c3c(N)ncnc32)C1. The lowest BCUT2D eigenvalue weighted by Crippen LogP contribution is -2.53. The highest BCUT2D eigenvalue weighted by molar-refractivity contribution is 7.09. The van der Waals surface area contributed by atoms with E-state index in [-0.39, 0.29) is 18.0 Å². The predicted molar refractivity (Wildman–Crippen MR) is 134 cm³/mol. The average Bonchev–Trinajstić information content (AvgIpc) is 3.51. The van der Waals surface area contributed by atoms with E-state index in [1.807, 2.05) is 45.6 Å². The highest BCUT2D eigenvalue weighted by atomic mass is 35.5. The molecule has 1 saturated heterocycles. The van der Waals surface area contributed by atoms with Gasteiger partial charge in [0, 0.05) is 18.0 Å². The minimum Gasteiger partial charge on any atom is -0.487 e. The van der Waals surface area contributed by atoms with Crippen LogP contribution in [0.3, 0.4) is 0 Å². The summed E-state index contributed by atoms with van der Waals surface area (Å²) in [7, 11) is 0.